The summed E-state index contributed by atoms with van der Waals surface area (Å²) < 4.78 is 5.29. The summed E-state index contributed by atoms with van der Waals surface area (Å²) in [7, 11) is 0. The standard InChI is InChI=1S/C16H26O2/c1-6-9-15(18-16(17)7-2)12-14(5)11-8-10-13(3)4/h6-7,10,14-15H,1-2,8-9,11-12H2,3-5H3/t14-,15?/m1/s1. The Bertz CT molecular complexity index is 298. The zero-order valence-corrected chi connectivity index (χ0v) is 11.9. The first-order valence-electron chi connectivity index (χ1n) is 6.56. The van der Waals surface area contributed by atoms with E-state index >= 15 is 0 Å². The Morgan fingerprint density at radius 1 is 1.33 bits per heavy atom. The Kier molecular flexibility index (Phi) is 8.99. The van der Waals surface area contributed by atoms with Gasteiger partial charge in [0.2, 0.25) is 0 Å². The van der Waals surface area contributed by atoms with Crippen LogP contribution in [-0.4, -0.2) is 12.1 Å². The highest BCUT2D eigenvalue weighted by Crippen LogP contribution is 2.18. The molecule has 0 saturated carbocycles. The fourth-order valence-electron chi connectivity index (χ4n) is 1.81. The summed E-state index contributed by atoms with van der Waals surface area (Å²) in [4.78, 5) is 11.2. The quantitative estimate of drug-likeness (QED) is 0.344. The second-order valence-electron chi connectivity index (χ2n) is 4.99. The van der Waals surface area contributed by atoms with Gasteiger partial charge in [0.1, 0.15) is 6.10 Å². The number of allylic oxidation sites excluding steroid dienone is 2. The maximum atomic E-state index is 11.2. The van der Waals surface area contributed by atoms with E-state index in [4.69, 9.17) is 4.74 Å². The van der Waals surface area contributed by atoms with Crippen molar-refractivity contribution in [2.45, 2.75) is 52.6 Å². The van der Waals surface area contributed by atoms with E-state index in [1.807, 2.05) is 0 Å². The van der Waals surface area contributed by atoms with Crippen molar-refractivity contribution in [2.75, 3.05) is 0 Å². The second kappa shape index (κ2) is 9.69. The summed E-state index contributed by atoms with van der Waals surface area (Å²) in [6, 6.07) is 0. The van der Waals surface area contributed by atoms with Gasteiger partial charge in [-0.15, -0.1) is 6.58 Å². The normalized spacial score (nSPS) is 13.3. The van der Waals surface area contributed by atoms with E-state index in [1.165, 1.54) is 11.6 Å². The van der Waals surface area contributed by atoms with E-state index in [-0.39, 0.29) is 12.1 Å². The summed E-state index contributed by atoms with van der Waals surface area (Å²) in [5.41, 5.74) is 1.35. The fourth-order valence-corrected chi connectivity index (χ4v) is 1.81. The van der Waals surface area contributed by atoms with Crippen LogP contribution in [0, 0.1) is 5.92 Å². The molecule has 0 spiro atoms. The molecule has 0 aromatic heterocycles. The predicted molar refractivity (Wildman–Crippen MR) is 77.3 cm³/mol. The molecular weight excluding hydrogens is 224 g/mol. The average molecular weight is 250 g/mol. The molecule has 0 radical (unpaired) electrons. The van der Waals surface area contributed by atoms with Gasteiger partial charge in [-0.05, 0) is 39.0 Å². The molecule has 0 bridgehead atoms. The molecule has 0 rings (SSSR count). The minimum absolute atomic E-state index is 0.0743. The van der Waals surface area contributed by atoms with Crippen molar-refractivity contribution in [3.05, 3.63) is 37.0 Å². The van der Waals surface area contributed by atoms with Crippen LogP contribution in [0.3, 0.4) is 0 Å². The Morgan fingerprint density at radius 3 is 2.50 bits per heavy atom. The molecule has 2 nitrogen and oxygen atoms in total. The van der Waals surface area contributed by atoms with Gasteiger partial charge in [-0.3, -0.25) is 0 Å². The largest absolute Gasteiger partial charge is 0.459 e. The lowest BCUT2D eigenvalue weighted by Gasteiger charge is -2.19. The molecule has 2 heteroatoms. The van der Waals surface area contributed by atoms with Crippen LogP contribution in [0.15, 0.2) is 37.0 Å². The number of carbonyl (C=O) groups excluding carboxylic acids is 1. The molecule has 0 aliphatic carbocycles. The molecule has 0 fully saturated rings. The molecule has 102 valence electrons. The average Bonchev–Trinajstić information content (AvgIpc) is 2.28. The Labute approximate surface area is 111 Å². The number of carbonyl (C=O) groups is 1. The summed E-state index contributed by atoms with van der Waals surface area (Å²) in [5, 5.41) is 0. The minimum atomic E-state index is -0.349. The van der Waals surface area contributed by atoms with Gasteiger partial charge in [0, 0.05) is 12.5 Å². The fraction of sp³-hybridized carbons (Fsp3) is 0.562. The number of esters is 1. The highest BCUT2D eigenvalue weighted by Gasteiger charge is 2.14. The molecule has 0 aromatic rings. The van der Waals surface area contributed by atoms with Crippen molar-refractivity contribution in [1.29, 1.82) is 0 Å². The lowest BCUT2D eigenvalue weighted by Crippen LogP contribution is -2.19. The molecular formula is C16H26O2. The van der Waals surface area contributed by atoms with Crippen molar-refractivity contribution < 1.29 is 9.53 Å². The smallest absolute Gasteiger partial charge is 0.330 e. The molecule has 0 amide bonds. The zero-order valence-electron chi connectivity index (χ0n) is 11.9. The highest BCUT2D eigenvalue weighted by molar-refractivity contribution is 5.81. The molecule has 18 heavy (non-hydrogen) atoms. The van der Waals surface area contributed by atoms with Crippen LogP contribution < -0.4 is 0 Å². The van der Waals surface area contributed by atoms with Crippen LogP contribution in [0.25, 0.3) is 0 Å². The van der Waals surface area contributed by atoms with Crippen molar-refractivity contribution in [3.8, 4) is 0 Å². The van der Waals surface area contributed by atoms with E-state index in [0.29, 0.717) is 12.3 Å². The van der Waals surface area contributed by atoms with E-state index in [9.17, 15) is 4.79 Å². The molecule has 0 N–H and O–H groups in total. The number of rotatable bonds is 9. The molecule has 0 heterocycles. The van der Waals surface area contributed by atoms with E-state index in [1.54, 1.807) is 6.08 Å². The van der Waals surface area contributed by atoms with Crippen LogP contribution in [0.2, 0.25) is 0 Å². The molecule has 0 aromatic carbocycles. The number of hydrogen-bond acceptors (Lipinski definition) is 2. The van der Waals surface area contributed by atoms with Crippen LogP contribution >= 0.6 is 0 Å². The maximum Gasteiger partial charge on any atom is 0.330 e. The van der Waals surface area contributed by atoms with Gasteiger partial charge in [0.15, 0.2) is 0 Å². The third-order valence-corrected chi connectivity index (χ3v) is 2.76. The van der Waals surface area contributed by atoms with E-state index in [0.717, 1.165) is 19.3 Å². The van der Waals surface area contributed by atoms with Gasteiger partial charge in [-0.2, -0.15) is 0 Å². The van der Waals surface area contributed by atoms with Crippen molar-refractivity contribution in [1.82, 2.24) is 0 Å². The summed E-state index contributed by atoms with van der Waals surface area (Å²) in [6.07, 6.45) is 8.95. The zero-order chi connectivity index (χ0) is 14.0. The van der Waals surface area contributed by atoms with Crippen LogP contribution in [-0.2, 0) is 9.53 Å². The first-order chi connectivity index (χ1) is 8.49. The number of ether oxygens (including phenoxy) is 1. The van der Waals surface area contributed by atoms with Gasteiger partial charge in [-0.25, -0.2) is 4.79 Å². The lowest BCUT2D eigenvalue weighted by molar-refractivity contribution is -0.143. The first kappa shape index (κ1) is 16.7. The Balaban J connectivity index is 4.13. The van der Waals surface area contributed by atoms with Crippen LogP contribution in [0.4, 0.5) is 0 Å². The molecule has 0 aliphatic rings. The molecule has 2 atom stereocenters. The van der Waals surface area contributed by atoms with Gasteiger partial charge in [0.25, 0.3) is 0 Å². The van der Waals surface area contributed by atoms with E-state index in [2.05, 4.69) is 40.0 Å². The van der Waals surface area contributed by atoms with Crippen molar-refractivity contribution >= 4 is 5.97 Å². The van der Waals surface area contributed by atoms with Gasteiger partial charge >= 0.3 is 5.97 Å². The third-order valence-electron chi connectivity index (χ3n) is 2.76. The predicted octanol–water partition coefficient (Wildman–Crippen LogP) is 4.43. The second-order valence-corrected chi connectivity index (χ2v) is 4.99. The molecule has 0 aliphatic heterocycles. The molecule has 0 saturated heterocycles. The monoisotopic (exact) mass is 250 g/mol. The van der Waals surface area contributed by atoms with E-state index < -0.39 is 0 Å². The molecule has 1 unspecified atom stereocenters. The lowest BCUT2D eigenvalue weighted by atomic mass is 9.96. The summed E-state index contributed by atoms with van der Waals surface area (Å²) in [5.74, 6) is 0.182. The van der Waals surface area contributed by atoms with Crippen LogP contribution in [0.1, 0.15) is 46.5 Å². The van der Waals surface area contributed by atoms with Crippen molar-refractivity contribution in [3.63, 3.8) is 0 Å². The van der Waals surface area contributed by atoms with Crippen molar-refractivity contribution in [2.24, 2.45) is 5.92 Å². The third kappa shape index (κ3) is 8.80. The topological polar surface area (TPSA) is 26.3 Å². The maximum absolute atomic E-state index is 11.2. The van der Waals surface area contributed by atoms with Gasteiger partial charge in [0.05, 0.1) is 0 Å². The Morgan fingerprint density at radius 2 is 2.00 bits per heavy atom. The highest BCUT2D eigenvalue weighted by atomic mass is 16.5. The summed E-state index contributed by atoms with van der Waals surface area (Å²) >= 11 is 0. The van der Waals surface area contributed by atoms with Gasteiger partial charge in [-0.1, -0.05) is 31.2 Å². The SMILES string of the molecule is C=CCC(C[C@H](C)CCC=C(C)C)OC(=O)C=C. The summed E-state index contributed by atoms with van der Waals surface area (Å²) in [6.45, 7) is 13.5. The van der Waals surface area contributed by atoms with Crippen LogP contribution in [0.5, 0.6) is 0 Å². The minimum Gasteiger partial charge on any atom is -0.459 e. The Hall–Kier alpha value is -1.31. The first-order valence-corrected chi connectivity index (χ1v) is 6.56. The van der Waals surface area contributed by atoms with Gasteiger partial charge < -0.3 is 4.74 Å². The number of hydrogen-bond donors (Lipinski definition) is 0.